The topological polar surface area (TPSA) is 48.5 Å². The lowest BCUT2D eigenvalue weighted by atomic mass is 10.1. The van der Waals surface area contributed by atoms with E-state index in [9.17, 15) is 4.79 Å². The average Bonchev–Trinajstić information content (AvgIpc) is 3.54. The van der Waals surface area contributed by atoms with Gasteiger partial charge in [0.05, 0.1) is 26.6 Å². The molecule has 0 aliphatic carbocycles. The Labute approximate surface area is 208 Å². The van der Waals surface area contributed by atoms with Crippen LogP contribution in [0.25, 0.3) is 21.5 Å². The molecule has 2 aromatic heterocycles. The van der Waals surface area contributed by atoms with Gasteiger partial charge in [-0.1, -0.05) is 17.7 Å². The maximum atomic E-state index is 12.9. The third kappa shape index (κ3) is 5.32. The number of rotatable bonds is 7. The summed E-state index contributed by atoms with van der Waals surface area (Å²) in [6.45, 7) is 6.15. The first kappa shape index (κ1) is 23.0. The number of likely N-dealkylation sites (tertiary alicyclic amines) is 1. The molecule has 2 saturated heterocycles. The molecule has 1 amide bonds. The van der Waals surface area contributed by atoms with Crippen LogP contribution < -0.4 is 5.32 Å². The molecule has 2 aliphatic heterocycles. The van der Waals surface area contributed by atoms with Gasteiger partial charge in [0.2, 0.25) is 0 Å². The van der Waals surface area contributed by atoms with E-state index in [1.165, 1.54) is 30.6 Å². The summed E-state index contributed by atoms with van der Waals surface area (Å²) >= 11 is 10.3. The van der Waals surface area contributed by atoms with Gasteiger partial charge < -0.3 is 15.1 Å². The van der Waals surface area contributed by atoms with E-state index in [0.717, 1.165) is 66.6 Å². The molecule has 4 heterocycles. The zero-order chi connectivity index (χ0) is 22.6. The van der Waals surface area contributed by atoms with Crippen LogP contribution in [0, 0.1) is 0 Å². The Morgan fingerprint density at radius 1 is 1.09 bits per heavy atom. The van der Waals surface area contributed by atoms with Gasteiger partial charge in [-0.3, -0.25) is 4.79 Å². The van der Waals surface area contributed by atoms with Crippen LogP contribution in [0.4, 0.5) is 5.69 Å². The predicted octanol–water partition coefficient (Wildman–Crippen LogP) is 5.70. The number of benzene rings is 1. The molecule has 2 fully saturated rings. The van der Waals surface area contributed by atoms with Crippen molar-refractivity contribution < 1.29 is 4.79 Å². The standard InChI is InChI=1S/C25H29ClN4OS2/c26-20-16-18(25(31)30-11-14-32-15-12-30)4-5-19(20)22-17-23(24-21(28-22)6-13-33-24)27-7-3-10-29-8-1-2-9-29/h4-6,13,16-17H,1-3,7-12,14-15H2,(H,27,28). The lowest BCUT2D eigenvalue weighted by Gasteiger charge is -2.26. The SMILES string of the molecule is O=C(c1ccc(-c2cc(NCCCN3CCCC3)c3sccc3n2)c(Cl)c1)N1CCSCC1. The summed E-state index contributed by atoms with van der Waals surface area (Å²) in [6.07, 6.45) is 3.79. The van der Waals surface area contributed by atoms with Crippen LogP contribution in [0.1, 0.15) is 29.6 Å². The van der Waals surface area contributed by atoms with E-state index < -0.39 is 0 Å². The minimum absolute atomic E-state index is 0.0605. The molecular formula is C25H29ClN4OS2. The number of carbonyl (C=O) groups is 1. The van der Waals surface area contributed by atoms with Gasteiger partial charge in [-0.05, 0) is 68.5 Å². The molecule has 0 unspecified atom stereocenters. The van der Waals surface area contributed by atoms with E-state index in [2.05, 4.69) is 27.7 Å². The maximum Gasteiger partial charge on any atom is 0.253 e. The average molecular weight is 501 g/mol. The quantitative estimate of drug-likeness (QED) is 0.421. The first-order chi connectivity index (χ1) is 16.2. The van der Waals surface area contributed by atoms with E-state index in [4.69, 9.17) is 16.6 Å². The molecule has 0 atom stereocenters. The second kappa shape index (κ2) is 10.6. The van der Waals surface area contributed by atoms with Crippen LogP contribution >= 0.6 is 34.7 Å². The minimum atomic E-state index is 0.0605. The number of anilines is 1. The second-order valence-electron chi connectivity index (χ2n) is 8.62. The maximum absolute atomic E-state index is 12.9. The van der Waals surface area contributed by atoms with Gasteiger partial charge in [-0.15, -0.1) is 11.3 Å². The molecule has 1 aromatic carbocycles. The van der Waals surface area contributed by atoms with E-state index in [1.807, 2.05) is 28.8 Å². The number of carbonyl (C=O) groups excluding carboxylic acids is 1. The Bertz CT molecular complexity index is 1120. The van der Waals surface area contributed by atoms with Crippen molar-refractivity contribution in [1.29, 1.82) is 0 Å². The predicted molar refractivity (Wildman–Crippen MR) is 142 cm³/mol. The summed E-state index contributed by atoms with van der Waals surface area (Å²) in [5.41, 5.74) is 4.42. The number of aromatic nitrogens is 1. The van der Waals surface area contributed by atoms with Gasteiger partial charge in [-0.2, -0.15) is 11.8 Å². The van der Waals surface area contributed by atoms with Gasteiger partial charge in [0.15, 0.2) is 0 Å². The number of pyridine rings is 1. The number of amides is 1. The number of thiophene rings is 1. The molecule has 5 rings (SSSR count). The van der Waals surface area contributed by atoms with Gasteiger partial charge in [0.1, 0.15) is 0 Å². The Morgan fingerprint density at radius 3 is 2.70 bits per heavy atom. The second-order valence-corrected chi connectivity index (χ2v) is 11.2. The Morgan fingerprint density at radius 2 is 1.91 bits per heavy atom. The number of halogens is 1. The van der Waals surface area contributed by atoms with Crippen molar-refractivity contribution in [3.63, 3.8) is 0 Å². The molecule has 8 heteroatoms. The lowest BCUT2D eigenvalue weighted by Crippen LogP contribution is -2.37. The van der Waals surface area contributed by atoms with E-state index in [1.54, 1.807) is 17.4 Å². The largest absolute Gasteiger partial charge is 0.384 e. The highest BCUT2D eigenvalue weighted by Gasteiger charge is 2.20. The van der Waals surface area contributed by atoms with Crippen molar-refractivity contribution in [2.75, 3.05) is 56.1 Å². The normalized spacial score (nSPS) is 17.1. The zero-order valence-electron chi connectivity index (χ0n) is 18.7. The third-order valence-electron chi connectivity index (χ3n) is 6.37. The molecular weight excluding hydrogens is 472 g/mol. The van der Waals surface area contributed by atoms with Gasteiger partial charge >= 0.3 is 0 Å². The molecule has 2 aliphatic rings. The number of nitrogens with one attached hydrogen (secondary N) is 1. The minimum Gasteiger partial charge on any atom is -0.384 e. The Kier molecular flexibility index (Phi) is 7.40. The van der Waals surface area contributed by atoms with Crippen molar-refractivity contribution in [2.45, 2.75) is 19.3 Å². The smallest absolute Gasteiger partial charge is 0.253 e. The fraction of sp³-hybridized carbons (Fsp3) is 0.440. The van der Waals surface area contributed by atoms with E-state index in [0.29, 0.717) is 10.6 Å². The van der Waals surface area contributed by atoms with Crippen molar-refractivity contribution in [2.24, 2.45) is 0 Å². The fourth-order valence-corrected chi connectivity index (χ4v) is 6.57. The van der Waals surface area contributed by atoms with Gasteiger partial charge in [0, 0.05) is 42.3 Å². The van der Waals surface area contributed by atoms with E-state index in [-0.39, 0.29) is 5.91 Å². The molecule has 33 heavy (non-hydrogen) atoms. The molecule has 174 valence electrons. The Balaban J connectivity index is 1.33. The molecule has 5 nitrogen and oxygen atoms in total. The first-order valence-electron chi connectivity index (χ1n) is 11.7. The van der Waals surface area contributed by atoms with Crippen molar-refractivity contribution >= 4 is 56.5 Å². The highest BCUT2D eigenvalue weighted by molar-refractivity contribution is 7.99. The number of nitrogens with zero attached hydrogens (tertiary/aromatic N) is 3. The van der Waals surface area contributed by atoms with Crippen LogP contribution in [0.15, 0.2) is 35.7 Å². The summed E-state index contributed by atoms with van der Waals surface area (Å²) in [6, 6.07) is 9.77. The van der Waals surface area contributed by atoms with E-state index >= 15 is 0 Å². The molecule has 1 N–H and O–H groups in total. The van der Waals surface area contributed by atoms with Crippen molar-refractivity contribution in [1.82, 2.24) is 14.8 Å². The van der Waals surface area contributed by atoms with Crippen LogP contribution in [-0.4, -0.2) is 71.5 Å². The van der Waals surface area contributed by atoms with Crippen molar-refractivity contribution in [3.05, 3.63) is 46.3 Å². The highest BCUT2D eigenvalue weighted by atomic mass is 35.5. The molecule has 0 bridgehead atoms. The summed E-state index contributed by atoms with van der Waals surface area (Å²) < 4.78 is 1.17. The zero-order valence-corrected chi connectivity index (χ0v) is 21.1. The van der Waals surface area contributed by atoms with Gasteiger partial charge in [-0.25, -0.2) is 4.98 Å². The Hall–Kier alpha value is -1.80. The van der Waals surface area contributed by atoms with Crippen LogP contribution in [-0.2, 0) is 0 Å². The fourth-order valence-electron chi connectivity index (χ4n) is 4.56. The monoisotopic (exact) mass is 500 g/mol. The summed E-state index contributed by atoms with van der Waals surface area (Å²) in [5.74, 6) is 2.05. The number of thioether (sulfide) groups is 1. The molecule has 3 aromatic rings. The lowest BCUT2D eigenvalue weighted by molar-refractivity contribution is 0.0772. The van der Waals surface area contributed by atoms with Gasteiger partial charge in [0.25, 0.3) is 5.91 Å². The van der Waals surface area contributed by atoms with Crippen LogP contribution in [0.2, 0.25) is 5.02 Å². The van der Waals surface area contributed by atoms with Crippen LogP contribution in [0.5, 0.6) is 0 Å². The highest BCUT2D eigenvalue weighted by Crippen LogP contribution is 2.35. The number of hydrogen-bond acceptors (Lipinski definition) is 6. The molecule has 0 saturated carbocycles. The van der Waals surface area contributed by atoms with Crippen molar-refractivity contribution in [3.8, 4) is 11.3 Å². The van der Waals surface area contributed by atoms with Crippen LogP contribution in [0.3, 0.4) is 0 Å². The summed E-state index contributed by atoms with van der Waals surface area (Å²) in [7, 11) is 0. The third-order valence-corrected chi connectivity index (χ3v) is 8.56. The molecule has 0 radical (unpaired) electrons. The summed E-state index contributed by atoms with van der Waals surface area (Å²) in [4.78, 5) is 22.2. The first-order valence-corrected chi connectivity index (χ1v) is 14.1. The number of fused-ring (bicyclic) bond motifs is 1. The number of hydrogen-bond donors (Lipinski definition) is 1. The summed E-state index contributed by atoms with van der Waals surface area (Å²) in [5, 5.41) is 6.28. The molecule has 0 spiro atoms.